The molecule has 0 amide bonds. The molecule has 0 spiro atoms. The maximum Gasteiger partial charge on any atom is 0.312 e. The largest absolute Gasteiger partial charge is 0.466 e. The molecule has 2 fully saturated rings. The van der Waals surface area contributed by atoms with Crippen LogP contribution in [0.15, 0.2) is 118 Å². The quantitative estimate of drug-likeness (QED) is 0.0908. The van der Waals surface area contributed by atoms with Gasteiger partial charge in [0.2, 0.25) is 0 Å². The Balaban J connectivity index is 0.000000145. The molecule has 2 saturated carbocycles. The third-order valence-corrected chi connectivity index (χ3v) is 13.1. The average Bonchev–Trinajstić information content (AvgIpc) is 4.02. The van der Waals surface area contributed by atoms with E-state index in [1.165, 1.54) is 0 Å². The van der Waals surface area contributed by atoms with Crippen LogP contribution in [0.25, 0.3) is 65.2 Å². The number of carbonyl (C=O) groups excluding carboxylic acids is 5. The van der Waals surface area contributed by atoms with E-state index in [1.807, 2.05) is 91.0 Å². The van der Waals surface area contributed by atoms with Gasteiger partial charge in [0, 0.05) is 47.3 Å². The summed E-state index contributed by atoms with van der Waals surface area (Å²) in [5.74, 6) is -1.05. The molecule has 6 aromatic carbocycles. The Kier molecular flexibility index (Phi) is 15.3. The van der Waals surface area contributed by atoms with E-state index in [0.29, 0.717) is 66.1 Å². The van der Waals surface area contributed by atoms with Crippen molar-refractivity contribution in [2.45, 2.75) is 63.7 Å². The minimum absolute atomic E-state index is 0. The fourth-order valence-electron chi connectivity index (χ4n) is 8.60. The number of Topliss-reactive ketones (excluding diaryl/α,β-unsaturated/α-hetero) is 4. The number of ketones is 4. The number of benzene rings is 6. The molecule has 0 saturated heterocycles. The van der Waals surface area contributed by atoms with Crippen LogP contribution >= 0.6 is 47.8 Å². The fourth-order valence-corrected chi connectivity index (χ4v) is 9.74. The zero-order chi connectivity index (χ0) is 44.6. The molecule has 66 heavy (non-hydrogen) atoms. The van der Waals surface area contributed by atoms with Gasteiger partial charge in [0.1, 0.15) is 40.2 Å². The predicted molar refractivity (Wildman–Crippen MR) is 258 cm³/mol. The second-order valence-corrected chi connectivity index (χ2v) is 18.5. The fraction of sp³-hybridized carbons (Fsp3) is 0.220. The Morgan fingerprint density at radius 3 is 1.39 bits per heavy atom. The van der Waals surface area contributed by atoms with E-state index in [2.05, 4.69) is 63.3 Å². The van der Waals surface area contributed by atoms with Crippen molar-refractivity contribution in [2.75, 3.05) is 6.61 Å². The summed E-state index contributed by atoms with van der Waals surface area (Å²) >= 11 is 10.4. The molecule has 11 rings (SSSR count). The second kappa shape index (κ2) is 20.8. The Bertz CT molecular complexity index is 3210. The maximum atomic E-state index is 12.2. The van der Waals surface area contributed by atoms with Crippen LogP contribution in [0.1, 0.15) is 74.4 Å². The summed E-state index contributed by atoms with van der Waals surface area (Å²) in [4.78, 5) is 59.0. The number of ether oxygens (including phenoxy) is 1. The van der Waals surface area contributed by atoms with Crippen LogP contribution in [0, 0.1) is 7.43 Å². The molecular weight excluding hydrogens is 1210 g/mol. The molecule has 9 aromatic rings. The van der Waals surface area contributed by atoms with Gasteiger partial charge in [-0.25, -0.2) is 0 Å². The number of carbonyl (C=O) groups is 5. The molecule has 336 valence electrons. The molecule has 2 aliphatic rings. The van der Waals surface area contributed by atoms with E-state index in [9.17, 15) is 24.0 Å². The van der Waals surface area contributed by atoms with E-state index >= 15 is 0 Å². The first kappa shape index (κ1) is 48.7. The summed E-state index contributed by atoms with van der Waals surface area (Å²) in [6, 6.07) is 29.5. The zero-order valence-electron chi connectivity index (χ0n) is 35.5. The van der Waals surface area contributed by atoms with Gasteiger partial charge in [-0.2, -0.15) is 0 Å². The van der Waals surface area contributed by atoms with Gasteiger partial charge in [-0.3, -0.25) is 24.0 Å². The van der Waals surface area contributed by atoms with Crippen LogP contribution in [0.5, 0.6) is 0 Å². The Hall–Kier alpha value is -5.21. The molecule has 16 heteroatoms. The van der Waals surface area contributed by atoms with Crippen molar-refractivity contribution in [3.63, 3.8) is 0 Å². The number of rotatable bonds is 5. The maximum absolute atomic E-state index is 12.2. The predicted octanol–water partition coefficient (Wildman–Crippen LogP) is 12.6. The number of hydrogen-bond acceptors (Lipinski definition) is 12. The molecule has 0 radical (unpaired) electrons. The number of fused-ring (bicyclic) bond motifs is 9. The van der Waals surface area contributed by atoms with Gasteiger partial charge >= 0.3 is 5.97 Å². The van der Waals surface area contributed by atoms with Gasteiger partial charge in [-0.05, 0) is 107 Å². The molecule has 2 unspecified atom stereocenters. The monoisotopic (exact) mass is 1250 g/mol. The standard InChI is InChI=1S/2C17H12BrNO3.C15H12BrNO3.CH3.W/c2*18-10-2-4-12-9(7-10)1-6-15-16(12)17(19-22-15)13-5-3-11(20)8-14(13)21;1-2-19-14(18)8-12-15-11-5-4-10(16)7-9(11)3-6-13(15)20-17-12;;/h2*1-2,4,6-7,13H,3,5,8H2;3-7H,2,8H2,1H3;1H3;/q;;;-1;. The third-order valence-electron chi connectivity index (χ3n) is 11.6. The second-order valence-electron chi connectivity index (χ2n) is 15.7. The van der Waals surface area contributed by atoms with Gasteiger partial charge < -0.3 is 25.7 Å². The first-order valence-corrected chi connectivity index (χ1v) is 23.0. The topological polar surface area (TPSA) is 173 Å². The molecule has 3 aromatic heterocycles. The Morgan fingerprint density at radius 2 is 0.985 bits per heavy atom. The van der Waals surface area contributed by atoms with E-state index < -0.39 is 0 Å². The molecule has 0 aliphatic heterocycles. The van der Waals surface area contributed by atoms with Gasteiger partial charge in [0.15, 0.2) is 16.7 Å². The number of hydrogen-bond donors (Lipinski definition) is 0. The van der Waals surface area contributed by atoms with Gasteiger partial charge in [-0.1, -0.05) is 99.7 Å². The van der Waals surface area contributed by atoms with Crippen LogP contribution in [0.4, 0.5) is 0 Å². The van der Waals surface area contributed by atoms with Crippen molar-refractivity contribution in [1.82, 2.24) is 15.5 Å². The summed E-state index contributed by atoms with van der Waals surface area (Å²) < 4.78 is 24.1. The van der Waals surface area contributed by atoms with Crippen molar-refractivity contribution in [1.29, 1.82) is 0 Å². The van der Waals surface area contributed by atoms with Gasteiger partial charge in [0.25, 0.3) is 0 Å². The molecular formula is C50H39Br3N3O9W-. The summed E-state index contributed by atoms with van der Waals surface area (Å²) in [6.07, 6.45) is 2.04. The smallest absolute Gasteiger partial charge is 0.312 e. The third kappa shape index (κ3) is 9.90. The van der Waals surface area contributed by atoms with Crippen LogP contribution in [-0.2, 0) is 56.2 Å². The number of esters is 1. The average molecular weight is 1250 g/mol. The van der Waals surface area contributed by atoms with Crippen molar-refractivity contribution in [3.05, 3.63) is 129 Å². The van der Waals surface area contributed by atoms with Crippen LogP contribution in [-0.4, -0.2) is 51.2 Å². The number of aromatic nitrogens is 3. The van der Waals surface area contributed by atoms with Gasteiger partial charge in [0.05, 0.1) is 53.9 Å². The van der Waals surface area contributed by atoms with Crippen molar-refractivity contribution < 1.29 is 63.3 Å². The minimum Gasteiger partial charge on any atom is -0.466 e. The van der Waals surface area contributed by atoms with Crippen LogP contribution < -0.4 is 0 Å². The first-order chi connectivity index (χ1) is 30.9. The molecule has 2 atom stereocenters. The SMILES string of the molecule is CCOC(=O)Cc1noc2ccc3cc(Br)ccc3c12.O=C1CCC(c2noc3ccc4cc(Br)ccc4c23)C(=O)C1.O=C1CCC(c2noc3ccc4cc(Br)ccc4c23)C(=O)C1.[CH3-].[W]. The summed E-state index contributed by atoms with van der Waals surface area (Å²) in [7, 11) is 0. The summed E-state index contributed by atoms with van der Waals surface area (Å²) in [5, 5.41) is 21.2. The van der Waals surface area contributed by atoms with E-state index in [0.717, 1.165) is 61.9 Å². The first-order valence-electron chi connectivity index (χ1n) is 20.6. The van der Waals surface area contributed by atoms with E-state index in [4.69, 9.17) is 18.3 Å². The van der Waals surface area contributed by atoms with Crippen molar-refractivity contribution in [2.24, 2.45) is 0 Å². The van der Waals surface area contributed by atoms with Crippen molar-refractivity contribution in [3.8, 4) is 0 Å². The van der Waals surface area contributed by atoms with Crippen LogP contribution in [0.2, 0.25) is 0 Å². The van der Waals surface area contributed by atoms with Crippen molar-refractivity contribution >= 4 is 142 Å². The summed E-state index contributed by atoms with van der Waals surface area (Å²) in [6.45, 7) is 2.15. The van der Waals surface area contributed by atoms with Crippen LogP contribution in [0.3, 0.4) is 0 Å². The normalized spacial score (nSPS) is 16.2. The Morgan fingerprint density at radius 1 is 0.591 bits per heavy atom. The minimum atomic E-state index is -0.340. The molecule has 3 heterocycles. The molecule has 2 aliphatic carbocycles. The van der Waals surface area contributed by atoms with E-state index in [-0.39, 0.29) is 88.7 Å². The number of halogens is 3. The van der Waals surface area contributed by atoms with E-state index in [1.54, 1.807) is 6.92 Å². The molecule has 0 N–H and O–H groups in total. The van der Waals surface area contributed by atoms with Gasteiger partial charge in [-0.15, -0.1) is 0 Å². The molecule has 12 nitrogen and oxygen atoms in total. The Labute approximate surface area is 417 Å². The molecule has 0 bridgehead atoms. The zero-order valence-corrected chi connectivity index (χ0v) is 43.2. The summed E-state index contributed by atoms with van der Waals surface area (Å²) in [5.41, 5.74) is 3.98. The number of nitrogens with zero attached hydrogens (tertiary/aromatic N) is 3.